The summed E-state index contributed by atoms with van der Waals surface area (Å²) in [5, 5.41) is 28.2. The molecule has 1 aromatic rings. The van der Waals surface area contributed by atoms with Crippen LogP contribution in [0.4, 0.5) is 0 Å². The number of aliphatic carboxylic acids is 2. The minimum absolute atomic E-state index is 0.432. The van der Waals surface area contributed by atoms with Crippen molar-refractivity contribution in [2.45, 2.75) is 12.6 Å². The smallest absolute Gasteiger partial charge is 0.414 e. The fourth-order valence-corrected chi connectivity index (χ4v) is 2.76. The molecule has 1 atom stereocenters. The van der Waals surface area contributed by atoms with Crippen molar-refractivity contribution in [1.82, 2.24) is 10.2 Å². The van der Waals surface area contributed by atoms with Crippen LogP contribution in [0.1, 0.15) is 5.56 Å². The van der Waals surface area contributed by atoms with E-state index in [1.54, 1.807) is 21.3 Å². The summed E-state index contributed by atoms with van der Waals surface area (Å²) in [5.74, 6) is -1.58. The third-order valence-electron chi connectivity index (χ3n) is 4.25. The van der Waals surface area contributed by atoms with Gasteiger partial charge in [0.25, 0.3) is 0 Å². The molecule has 4 N–H and O–H groups in total. The van der Waals surface area contributed by atoms with Crippen LogP contribution in [-0.4, -0.2) is 99.0 Å². The fourth-order valence-electron chi connectivity index (χ4n) is 2.76. The van der Waals surface area contributed by atoms with Gasteiger partial charge in [0, 0.05) is 44.9 Å². The van der Waals surface area contributed by atoms with E-state index in [2.05, 4.69) is 10.2 Å². The molecule has 0 amide bonds. The van der Waals surface area contributed by atoms with Gasteiger partial charge in [0.15, 0.2) is 0 Å². The van der Waals surface area contributed by atoms with Gasteiger partial charge >= 0.3 is 11.9 Å². The van der Waals surface area contributed by atoms with Crippen LogP contribution in [0.3, 0.4) is 0 Å². The summed E-state index contributed by atoms with van der Waals surface area (Å²) in [7, 11) is 4.84. The number of ether oxygens (including phenoxy) is 4. The summed E-state index contributed by atoms with van der Waals surface area (Å²) < 4.78 is 21.4. The molecule has 0 radical (unpaired) electrons. The van der Waals surface area contributed by atoms with Crippen LogP contribution in [0.5, 0.6) is 17.2 Å². The van der Waals surface area contributed by atoms with Crippen LogP contribution in [0, 0.1) is 0 Å². The van der Waals surface area contributed by atoms with E-state index in [0.29, 0.717) is 36.9 Å². The molecule has 0 bridgehead atoms. The molecule has 1 unspecified atom stereocenters. The summed E-state index contributed by atoms with van der Waals surface area (Å²) in [4.78, 5) is 20.4. The van der Waals surface area contributed by atoms with Gasteiger partial charge in [-0.15, -0.1) is 0 Å². The van der Waals surface area contributed by atoms with Crippen molar-refractivity contribution in [3.63, 3.8) is 0 Å². The van der Waals surface area contributed by atoms with Crippen molar-refractivity contribution in [1.29, 1.82) is 0 Å². The highest BCUT2D eigenvalue weighted by atomic mass is 16.5. The molecule has 0 aromatic heterocycles. The van der Waals surface area contributed by atoms with Crippen molar-refractivity contribution in [3.05, 3.63) is 17.7 Å². The highest BCUT2D eigenvalue weighted by molar-refractivity contribution is 6.27. The molecule has 0 aliphatic carbocycles. The van der Waals surface area contributed by atoms with Crippen LogP contribution in [0.2, 0.25) is 0 Å². The van der Waals surface area contributed by atoms with Crippen LogP contribution in [-0.2, 0) is 20.9 Å². The number of carboxylic acid groups (broad SMARTS) is 2. The Morgan fingerprint density at radius 2 is 1.60 bits per heavy atom. The van der Waals surface area contributed by atoms with Crippen LogP contribution in [0.15, 0.2) is 12.1 Å². The molecule has 1 heterocycles. The van der Waals surface area contributed by atoms with Gasteiger partial charge in [-0.05, 0) is 0 Å². The van der Waals surface area contributed by atoms with E-state index in [1.165, 1.54) is 0 Å². The van der Waals surface area contributed by atoms with E-state index in [4.69, 9.17) is 38.7 Å². The molecule has 1 saturated heterocycles. The first-order valence-corrected chi connectivity index (χ1v) is 9.26. The quantitative estimate of drug-likeness (QED) is 0.381. The van der Waals surface area contributed by atoms with E-state index in [-0.39, 0.29) is 0 Å². The largest absolute Gasteiger partial charge is 0.496 e. The number of morpholine rings is 1. The second-order valence-electron chi connectivity index (χ2n) is 6.32. The van der Waals surface area contributed by atoms with Gasteiger partial charge in [-0.25, -0.2) is 9.59 Å². The van der Waals surface area contributed by atoms with Gasteiger partial charge in [0.1, 0.15) is 17.2 Å². The maximum absolute atomic E-state index is 10.2. The van der Waals surface area contributed by atoms with Gasteiger partial charge < -0.3 is 39.6 Å². The van der Waals surface area contributed by atoms with Gasteiger partial charge in [0.2, 0.25) is 0 Å². The molecule has 30 heavy (non-hydrogen) atoms. The zero-order valence-electron chi connectivity index (χ0n) is 17.4. The number of carboxylic acids is 2. The lowest BCUT2D eigenvalue weighted by Gasteiger charge is -2.28. The van der Waals surface area contributed by atoms with Crippen LogP contribution < -0.4 is 19.5 Å². The average Bonchev–Trinajstić information content (AvgIpc) is 2.74. The van der Waals surface area contributed by atoms with Crippen LogP contribution >= 0.6 is 0 Å². The van der Waals surface area contributed by atoms with Gasteiger partial charge in [-0.1, -0.05) is 0 Å². The molecule has 1 aliphatic heterocycles. The number of benzene rings is 1. The fraction of sp³-hybridized carbons (Fsp3) is 0.579. The zero-order chi connectivity index (χ0) is 22.5. The minimum atomic E-state index is -1.82. The van der Waals surface area contributed by atoms with Crippen molar-refractivity contribution in [2.24, 2.45) is 0 Å². The molecule has 1 aromatic carbocycles. The first-order valence-electron chi connectivity index (χ1n) is 9.26. The molecule has 170 valence electrons. The Morgan fingerprint density at radius 3 is 2.03 bits per heavy atom. The molecule has 1 fully saturated rings. The summed E-state index contributed by atoms with van der Waals surface area (Å²) in [5.41, 5.74) is 0.902. The molecule has 2 rings (SSSR count). The van der Waals surface area contributed by atoms with Gasteiger partial charge in [0.05, 0.1) is 46.2 Å². The number of rotatable bonds is 9. The number of aliphatic hydroxyl groups is 1. The summed E-state index contributed by atoms with van der Waals surface area (Å²) in [6, 6.07) is 3.65. The second-order valence-corrected chi connectivity index (χ2v) is 6.32. The molecule has 0 spiro atoms. The Bertz CT molecular complexity index is 641. The minimum Gasteiger partial charge on any atom is -0.496 e. The summed E-state index contributed by atoms with van der Waals surface area (Å²) in [6.07, 6.45) is -0.432. The highest BCUT2D eigenvalue weighted by Crippen LogP contribution is 2.33. The Hall–Kier alpha value is -2.60. The Morgan fingerprint density at radius 1 is 1.07 bits per heavy atom. The Balaban J connectivity index is 0.000000656. The lowest BCUT2D eigenvalue weighted by molar-refractivity contribution is -0.159. The summed E-state index contributed by atoms with van der Waals surface area (Å²) >= 11 is 0. The van der Waals surface area contributed by atoms with Crippen LogP contribution in [0.25, 0.3) is 0 Å². The number of nitrogens with one attached hydrogen (secondary N) is 1. The lowest BCUT2D eigenvalue weighted by atomic mass is 10.1. The highest BCUT2D eigenvalue weighted by Gasteiger charge is 2.16. The van der Waals surface area contributed by atoms with E-state index in [0.717, 1.165) is 31.9 Å². The van der Waals surface area contributed by atoms with Crippen molar-refractivity contribution < 1.29 is 43.9 Å². The standard InChI is InChI=1S/C17H28N2O5.C2H2O4/c1-21-14-8-16(22-2)15(17(9-14)23-3)11-18-10-13(20)12-19-4-6-24-7-5-19;3-1(4)2(5)6/h8-9,13,18,20H,4-7,10-12H2,1-3H3;(H,3,4)(H,5,6). The maximum Gasteiger partial charge on any atom is 0.414 e. The molecular weight excluding hydrogens is 400 g/mol. The van der Waals surface area contributed by atoms with E-state index < -0.39 is 18.0 Å². The first kappa shape index (κ1) is 25.4. The average molecular weight is 430 g/mol. The molecule has 11 nitrogen and oxygen atoms in total. The molecular formula is C19H30N2O9. The number of β-amino-alcohol motifs (C(OH)–C–C–N with tert-alkyl or cyclic N) is 1. The number of nitrogens with zero attached hydrogens (tertiary/aromatic N) is 1. The van der Waals surface area contributed by atoms with Gasteiger partial charge in [-0.3, -0.25) is 4.90 Å². The molecule has 11 heteroatoms. The normalized spacial score (nSPS) is 14.8. The lowest BCUT2D eigenvalue weighted by Crippen LogP contribution is -2.43. The number of aliphatic hydroxyl groups excluding tert-OH is 1. The number of hydrogen-bond acceptors (Lipinski definition) is 9. The third kappa shape index (κ3) is 8.82. The number of carbonyl (C=O) groups is 2. The second kappa shape index (κ2) is 13.6. The zero-order valence-corrected chi connectivity index (χ0v) is 17.4. The SMILES string of the molecule is COc1cc(OC)c(CNCC(O)CN2CCOCC2)c(OC)c1.O=C(O)C(=O)O. The monoisotopic (exact) mass is 430 g/mol. The van der Waals surface area contributed by atoms with Gasteiger partial charge in [-0.2, -0.15) is 0 Å². The summed E-state index contributed by atoms with van der Waals surface area (Å²) in [6.45, 7) is 4.90. The predicted octanol–water partition coefficient (Wildman–Crippen LogP) is -0.349. The predicted molar refractivity (Wildman–Crippen MR) is 106 cm³/mol. The van der Waals surface area contributed by atoms with E-state index in [9.17, 15) is 5.11 Å². The molecule has 1 aliphatic rings. The Kier molecular flexibility index (Phi) is 11.5. The topological polar surface area (TPSA) is 147 Å². The maximum atomic E-state index is 10.2. The van der Waals surface area contributed by atoms with Crippen molar-refractivity contribution in [3.8, 4) is 17.2 Å². The number of methoxy groups -OCH3 is 3. The van der Waals surface area contributed by atoms with Crippen molar-refractivity contribution in [2.75, 3.05) is 60.7 Å². The van der Waals surface area contributed by atoms with Crippen molar-refractivity contribution >= 4 is 11.9 Å². The van der Waals surface area contributed by atoms with E-state index in [1.807, 2.05) is 12.1 Å². The molecule has 0 saturated carbocycles. The Labute approximate surface area is 175 Å². The first-order chi connectivity index (χ1) is 14.3. The number of hydrogen-bond donors (Lipinski definition) is 4. The third-order valence-corrected chi connectivity index (χ3v) is 4.25. The van der Waals surface area contributed by atoms with E-state index >= 15 is 0 Å².